The van der Waals surface area contributed by atoms with Crippen LogP contribution in [0.25, 0.3) is 5.57 Å². The Balaban J connectivity index is 1.06. The maximum atomic E-state index is 13.2. The van der Waals surface area contributed by atoms with Crippen molar-refractivity contribution in [2.45, 2.75) is 104 Å². The van der Waals surface area contributed by atoms with Crippen LogP contribution < -0.4 is 0 Å². The highest BCUT2D eigenvalue weighted by Crippen LogP contribution is 2.66. The maximum absolute atomic E-state index is 13.2. The number of fused-ring (bicyclic) bond motifs is 5. The maximum Gasteiger partial charge on any atom is 0.410 e. The summed E-state index contributed by atoms with van der Waals surface area (Å²) in [6, 6.07) is 4.29. The van der Waals surface area contributed by atoms with Crippen LogP contribution in [0.4, 0.5) is 4.79 Å². The van der Waals surface area contributed by atoms with Gasteiger partial charge in [-0.15, -0.1) is 0 Å². The molecule has 1 aromatic heterocycles. The van der Waals surface area contributed by atoms with Crippen LogP contribution in [0.5, 0.6) is 0 Å². The highest BCUT2D eigenvalue weighted by molar-refractivity contribution is 5.74. The number of allylic oxidation sites excluding steroid dienone is 3. The van der Waals surface area contributed by atoms with E-state index in [1.54, 1.807) is 4.90 Å². The van der Waals surface area contributed by atoms with E-state index in [2.05, 4.69) is 43.1 Å². The summed E-state index contributed by atoms with van der Waals surface area (Å²) in [5.41, 5.74) is 4.28. The van der Waals surface area contributed by atoms with Crippen molar-refractivity contribution < 1.29 is 19.1 Å². The van der Waals surface area contributed by atoms with Crippen molar-refractivity contribution in [1.29, 1.82) is 0 Å². The molecule has 0 radical (unpaired) electrons. The SMILES string of the molecule is CC(C)(C)OC(=O)N1CCC(C(=O)O[C@H]2CC[C@@]3(C)C(=CC[C@@H]4C3CC[C@]3(C)C(c5cccnc5)=CCC43)C2)CC1. The number of ether oxygens (including phenoxy) is 2. The lowest BCUT2D eigenvalue weighted by Crippen LogP contribution is -2.50. The lowest BCUT2D eigenvalue weighted by molar-refractivity contribution is -0.158. The minimum absolute atomic E-state index is 0.0264. The number of piperidine rings is 1. The Morgan fingerprint density at radius 2 is 1.73 bits per heavy atom. The summed E-state index contributed by atoms with van der Waals surface area (Å²) in [6.07, 6.45) is 17.7. The van der Waals surface area contributed by atoms with Gasteiger partial charge in [0, 0.05) is 31.9 Å². The van der Waals surface area contributed by atoms with E-state index < -0.39 is 5.60 Å². The minimum atomic E-state index is -0.510. The number of aromatic nitrogens is 1. The molecule has 3 fully saturated rings. The van der Waals surface area contributed by atoms with E-state index in [9.17, 15) is 9.59 Å². The number of hydrogen-bond acceptors (Lipinski definition) is 5. The third-order valence-corrected chi connectivity index (χ3v) is 11.4. The van der Waals surface area contributed by atoms with Gasteiger partial charge in [-0.05, 0) is 118 Å². The van der Waals surface area contributed by atoms with Gasteiger partial charge in [-0.1, -0.05) is 37.6 Å². The van der Waals surface area contributed by atoms with Crippen LogP contribution in [0.2, 0.25) is 0 Å². The predicted octanol–water partition coefficient (Wildman–Crippen LogP) is 7.60. The van der Waals surface area contributed by atoms with Gasteiger partial charge in [-0.3, -0.25) is 9.78 Å². The normalized spacial score (nSPS) is 35.4. The van der Waals surface area contributed by atoms with Gasteiger partial charge in [0.1, 0.15) is 11.7 Å². The van der Waals surface area contributed by atoms with Crippen molar-refractivity contribution in [2.24, 2.45) is 34.5 Å². The number of rotatable bonds is 3. The molecule has 0 aromatic carbocycles. The first-order valence-corrected chi connectivity index (χ1v) is 16.0. The Kier molecular flexibility index (Phi) is 7.35. The topological polar surface area (TPSA) is 68.7 Å². The molecule has 1 amide bonds. The Morgan fingerprint density at radius 1 is 0.976 bits per heavy atom. The van der Waals surface area contributed by atoms with E-state index in [-0.39, 0.29) is 34.9 Å². The van der Waals surface area contributed by atoms with Crippen molar-refractivity contribution in [3.8, 4) is 0 Å². The molecule has 0 bridgehead atoms. The zero-order valence-corrected chi connectivity index (χ0v) is 25.7. The van der Waals surface area contributed by atoms with E-state index in [1.807, 2.05) is 33.2 Å². The fourth-order valence-electron chi connectivity index (χ4n) is 9.15. The molecule has 6 heteroatoms. The first kappa shape index (κ1) is 28.5. The third kappa shape index (κ3) is 5.25. The van der Waals surface area contributed by atoms with Gasteiger partial charge < -0.3 is 14.4 Å². The van der Waals surface area contributed by atoms with Crippen LogP contribution in [0.3, 0.4) is 0 Å². The predicted molar refractivity (Wildman–Crippen MR) is 160 cm³/mol. The second-order valence-corrected chi connectivity index (χ2v) is 14.9. The van der Waals surface area contributed by atoms with Gasteiger partial charge in [0.05, 0.1) is 5.92 Å². The van der Waals surface area contributed by atoms with Crippen molar-refractivity contribution >= 4 is 17.6 Å². The second kappa shape index (κ2) is 10.6. The molecule has 2 unspecified atom stereocenters. The zero-order chi connectivity index (χ0) is 29.0. The quantitative estimate of drug-likeness (QED) is 0.281. The summed E-state index contributed by atoms with van der Waals surface area (Å²) in [5, 5.41) is 0. The molecule has 5 aliphatic rings. The number of carbonyl (C=O) groups excluding carboxylic acids is 2. The lowest BCUT2D eigenvalue weighted by Gasteiger charge is -2.58. The Bertz CT molecular complexity index is 1220. The molecule has 0 spiro atoms. The van der Waals surface area contributed by atoms with Gasteiger partial charge in [0.2, 0.25) is 0 Å². The molecule has 0 N–H and O–H groups in total. The van der Waals surface area contributed by atoms with E-state index in [0.29, 0.717) is 43.7 Å². The molecule has 6 atom stereocenters. The smallest absolute Gasteiger partial charge is 0.410 e. The number of carbonyl (C=O) groups is 2. The largest absolute Gasteiger partial charge is 0.462 e. The number of hydrogen-bond donors (Lipinski definition) is 0. The first-order valence-electron chi connectivity index (χ1n) is 16.0. The molecule has 4 aliphatic carbocycles. The van der Waals surface area contributed by atoms with Crippen molar-refractivity contribution in [3.63, 3.8) is 0 Å². The van der Waals surface area contributed by atoms with Crippen LogP contribution in [-0.4, -0.2) is 46.7 Å². The fourth-order valence-corrected chi connectivity index (χ4v) is 9.15. The monoisotopic (exact) mass is 560 g/mol. The highest BCUT2D eigenvalue weighted by Gasteiger charge is 2.57. The molecule has 6 rings (SSSR count). The molecule has 6 nitrogen and oxygen atoms in total. The molecule has 41 heavy (non-hydrogen) atoms. The van der Waals surface area contributed by atoms with Crippen LogP contribution in [-0.2, 0) is 14.3 Å². The molecular weight excluding hydrogens is 512 g/mol. The number of pyridine rings is 1. The first-order chi connectivity index (χ1) is 19.5. The standard InChI is InChI=1S/C35H48N2O4/c1-33(2,3)41-32(39)37-19-14-23(15-20-37)31(38)40-26-12-16-34(4)25(21-26)8-9-27-29-11-10-28(24-7-6-18-36-22-24)35(29,5)17-13-30(27)34/h6-8,10,18,22-23,26-27,29-30H,9,11-17,19-21H2,1-5H3/t26-,27-,29?,30?,34-,35+/m0/s1. The highest BCUT2D eigenvalue weighted by atomic mass is 16.6. The van der Waals surface area contributed by atoms with Crippen molar-refractivity contribution in [1.82, 2.24) is 9.88 Å². The van der Waals surface area contributed by atoms with Gasteiger partial charge in [-0.2, -0.15) is 0 Å². The van der Waals surface area contributed by atoms with Crippen LogP contribution >= 0.6 is 0 Å². The molecular formula is C35H48N2O4. The molecule has 2 heterocycles. The number of nitrogens with zero attached hydrogens (tertiary/aromatic N) is 2. The van der Waals surface area contributed by atoms with Crippen molar-refractivity contribution in [3.05, 3.63) is 47.8 Å². The van der Waals surface area contributed by atoms with Gasteiger partial charge in [-0.25, -0.2) is 4.79 Å². The number of likely N-dealkylation sites (tertiary alicyclic amines) is 1. The van der Waals surface area contributed by atoms with Gasteiger partial charge in [0.15, 0.2) is 0 Å². The van der Waals surface area contributed by atoms with E-state index in [0.717, 1.165) is 25.7 Å². The lowest BCUT2D eigenvalue weighted by atomic mass is 9.47. The number of esters is 1. The molecule has 222 valence electrons. The van der Waals surface area contributed by atoms with Crippen LogP contribution in [0.15, 0.2) is 42.3 Å². The number of amides is 1. The summed E-state index contributed by atoms with van der Waals surface area (Å²) < 4.78 is 11.7. The summed E-state index contributed by atoms with van der Waals surface area (Å²) in [6.45, 7) is 11.7. The van der Waals surface area contributed by atoms with Crippen LogP contribution in [0.1, 0.15) is 98.0 Å². The average Bonchev–Trinajstić information content (AvgIpc) is 3.30. The van der Waals surface area contributed by atoms with Crippen LogP contribution in [0, 0.1) is 34.5 Å². The van der Waals surface area contributed by atoms with E-state index in [4.69, 9.17) is 9.47 Å². The third-order valence-electron chi connectivity index (χ3n) is 11.4. The summed E-state index contributed by atoms with van der Waals surface area (Å²) in [5.74, 6) is 1.89. The Hall–Kier alpha value is -2.63. The van der Waals surface area contributed by atoms with Gasteiger partial charge >= 0.3 is 12.1 Å². The fraction of sp³-hybridized carbons (Fsp3) is 0.686. The molecule has 1 aromatic rings. The summed E-state index contributed by atoms with van der Waals surface area (Å²) in [4.78, 5) is 31.7. The van der Waals surface area contributed by atoms with E-state index >= 15 is 0 Å². The Labute approximate surface area is 246 Å². The molecule has 1 saturated heterocycles. The average molecular weight is 561 g/mol. The second-order valence-electron chi connectivity index (χ2n) is 14.9. The van der Waals surface area contributed by atoms with E-state index in [1.165, 1.54) is 36.0 Å². The molecule has 2 saturated carbocycles. The Morgan fingerprint density at radius 3 is 2.44 bits per heavy atom. The zero-order valence-electron chi connectivity index (χ0n) is 25.7. The van der Waals surface area contributed by atoms with Crippen molar-refractivity contribution in [2.75, 3.05) is 13.1 Å². The minimum Gasteiger partial charge on any atom is -0.462 e. The summed E-state index contributed by atoms with van der Waals surface area (Å²) >= 11 is 0. The van der Waals surface area contributed by atoms with Gasteiger partial charge in [0.25, 0.3) is 0 Å². The molecule has 1 aliphatic heterocycles. The summed E-state index contributed by atoms with van der Waals surface area (Å²) in [7, 11) is 0.